The second-order valence-corrected chi connectivity index (χ2v) is 6.23. The van der Waals surface area contributed by atoms with E-state index in [2.05, 4.69) is 27.9 Å². The molecule has 5 heteroatoms. The first-order chi connectivity index (χ1) is 9.56. The van der Waals surface area contributed by atoms with E-state index in [1.54, 1.807) is 0 Å². The molecule has 1 aromatic carbocycles. The number of nitrogens with one attached hydrogen (secondary N) is 1. The lowest BCUT2D eigenvalue weighted by molar-refractivity contribution is -0.141. The Morgan fingerprint density at radius 3 is 2.40 bits per heavy atom. The van der Waals surface area contributed by atoms with Gasteiger partial charge in [-0.2, -0.15) is 0 Å². The molecule has 0 radical (unpaired) electrons. The van der Waals surface area contributed by atoms with Gasteiger partial charge in [0, 0.05) is 15.3 Å². The second-order valence-electron chi connectivity index (χ2n) is 4.98. The van der Waals surface area contributed by atoms with Crippen LogP contribution >= 0.6 is 22.6 Å². The molecule has 1 atom stereocenters. The minimum Gasteiger partial charge on any atom is -0.373 e. The summed E-state index contributed by atoms with van der Waals surface area (Å²) in [5.41, 5.74) is 0.878. The number of likely N-dealkylation sites (tertiary alicyclic amines) is 1. The third kappa shape index (κ3) is 3.13. The molecule has 0 aliphatic carbocycles. The molecule has 1 fully saturated rings. The minimum absolute atomic E-state index is 0.0264. The molecule has 20 heavy (non-hydrogen) atoms. The van der Waals surface area contributed by atoms with E-state index in [0.29, 0.717) is 0 Å². The van der Waals surface area contributed by atoms with E-state index in [0.717, 1.165) is 22.1 Å². The van der Waals surface area contributed by atoms with Gasteiger partial charge < -0.3 is 5.32 Å². The van der Waals surface area contributed by atoms with E-state index in [4.69, 9.17) is 0 Å². The van der Waals surface area contributed by atoms with Crippen LogP contribution in [0.25, 0.3) is 0 Å². The van der Waals surface area contributed by atoms with Crippen molar-refractivity contribution in [2.24, 2.45) is 0 Å². The Morgan fingerprint density at radius 1 is 1.25 bits per heavy atom. The van der Waals surface area contributed by atoms with Gasteiger partial charge in [-0.3, -0.25) is 14.5 Å². The highest BCUT2D eigenvalue weighted by molar-refractivity contribution is 14.1. The fourth-order valence-corrected chi connectivity index (χ4v) is 2.91. The van der Waals surface area contributed by atoms with Crippen molar-refractivity contribution in [1.82, 2.24) is 4.90 Å². The first kappa shape index (κ1) is 15.3. The lowest BCUT2D eigenvalue weighted by atomic mass is 10.1. The molecule has 0 bridgehead atoms. The monoisotopic (exact) mass is 386 g/mol. The van der Waals surface area contributed by atoms with Crippen LogP contribution in [-0.4, -0.2) is 28.8 Å². The van der Waals surface area contributed by atoms with Crippen LogP contribution in [0.2, 0.25) is 0 Å². The largest absolute Gasteiger partial charge is 0.373 e. The van der Waals surface area contributed by atoms with Crippen molar-refractivity contribution in [3.63, 3.8) is 0 Å². The average molecular weight is 386 g/mol. The molecule has 1 aliphatic heterocycles. The maximum atomic E-state index is 12.4. The number of carbonyl (C=O) groups excluding carboxylic acids is 2. The topological polar surface area (TPSA) is 49.4 Å². The van der Waals surface area contributed by atoms with Crippen molar-refractivity contribution in [2.45, 2.75) is 45.2 Å². The van der Waals surface area contributed by atoms with Crippen LogP contribution in [0, 0.1) is 3.57 Å². The quantitative estimate of drug-likeness (QED) is 0.625. The summed E-state index contributed by atoms with van der Waals surface area (Å²) in [4.78, 5) is 25.9. The maximum Gasteiger partial charge on any atom is 0.252 e. The normalized spacial score (nSPS) is 19.0. The second kappa shape index (κ2) is 6.56. The summed E-state index contributed by atoms with van der Waals surface area (Å²) in [6.45, 7) is 4.02. The van der Waals surface area contributed by atoms with Crippen molar-refractivity contribution in [1.29, 1.82) is 0 Å². The summed E-state index contributed by atoms with van der Waals surface area (Å²) >= 11 is 2.23. The average Bonchev–Trinajstić information content (AvgIpc) is 2.71. The summed E-state index contributed by atoms with van der Waals surface area (Å²) in [5.74, 6) is -0.158. The van der Waals surface area contributed by atoms with Gasteiger partial charge in [0.05, 0.1) is 6.42 Å². The van der Waals surface area contributed by atoms with Crippen molar-refractivity contribution >= 4 is 40.1 Å². The molecule has 4 nitrogen and oxygen atoms in total. The SMILES string of the molecule is CCC(CC)N1C(=O)CC(Nc2ccc(I)cc2)C1=O. The maximum absolute atomic E-state index is 12.4. The lowest BCUT2D eigenvalue weighted by Gasteiger charge is -2.24. The summed E-state index contributed by atoms with van der Waals surface area (Å²) < 4.78 is 1.14. The number of carbonyl (C=O) groups is 2. The number of hydrogen-bond donors (Lipinski definition) is 1. The molecule has 0 spiro atoms. The number of hydrogen-bond acceptors (Lipinski definition) is 3. The number of anilines is 1. The Kier molecular flexibility index (Phi) is 5.01. The molecular formula is C15H19IN2O2. The number of imide groups is 1. The highest BCUT2D eigenvalue weighted by Gasteiger charge is 2.41. The van der Waals surface area contributed by atoms with Crippen LogP contribution < -0.4 is 5.32 Å². The van der Waals surface area contributed by atoms with Gasteiger partial charge in [0.25, 0.3) is 5.91 Å². The van der Waals surface area contributed by atoms with Gasteiger partial charge >= 0.3 is 0 Å². The van der Waals surface area contributed by atoms with Crippen LogP contribution in [0.1, 0.15) is 33.1 Å². The zero-order valence-electron chi connectivity index (χ0n) is 11.7. The highest BCUT2D eigenvalue weighted by Crippen LogP contribution is 2.23. The van der Waals surface area contributed by atoms with Gasteiger partial charge in [0.2, 0.25) is 5.91 Å². The van der Waals surface area contributed by atoms with Crippen molar-refractivity contribution in [3.05, 3.63) is 27.8 Å². The number of amides is 2. The van der Waals surface area contributed by atoms with Crippen molar-refractivity contribution in [2.75, 3.05) is 5.32 Å². The van der Waals surface area contributed by atoms with Gasteiger partial charge in [-0.1, -0.05) is 13.8 Å². The van der Waals surface area contributed by atoms with Crippen LogP contribution in [-0.2, 0) is 9.59 Å². The van der Waals surface area contributed by atoms with E-state index >= 15 is 0 Å². The first-order valence-electron chi connectivity index (χ1n) is 6.94. The Bertz CT molecular complexity index is 497. The van der Waals surface area contributed by atoms with Crippen LogP contribution in [0.3, 0.4) is 0 Å². The molecule has 1 unspecified atom stereocenters. The van der Waals surface area contributed by atoms with Crippen LogP contribution in [0.5, 0.6) is 0 Å². The van der Waals surface area contributed by atoms with Crippen LogP contribution in [0.15, 0.2) is 24.3 Å². The van der Waals surface area contributed by atoms with Gasteiger partial charge in [0.15, 0.2) is 0 Å². The van der Waals surface area contributed by atoms with E-state index in [9.17, 15) is 9.59 Å². The highest BCUT2D eigenvalue weighted by atomic mass is 127. The zero-order chi connectivity index (χ0) is 14.7. The number of benzene rings is 1. The van der Waals surface area contributed by atoms with E-state index in [1.807, 2.05) is 38.1 Å². The van der Waals surface area contributed by atoms with Crippen molar-refractivity contribution < 1.29 is 9.59 Å². The summed E-state index contributed by atoms with van der Waals surface area (Å²) in [5, 5.41) is 3.17. The van der Waals surface area contributed by atoms with Crippen molar-refractivity contribution in [3.8, 4) is 0 Å². The minimum atomic E-state index is -0.428. The Labute approximate surface area is 133 Å². The summed E-state index contributed by atoms with van der Waals surface area (Å²) in [6, 6.07) is 7.41. The standard InChI is InChI=1S/C15H19IN2O2/c1-3-12(4-2)18-14(19)9-13(15(18)20)17-11-7-5-10(16)6-8-11/h5-8,12-13,17H,3-4,9H2,1-2H3. The smallest absolute Gasteiger partial charge is 0.252 e. The van der Waals surface area contributed by atoms with Gasteiger partial charge in [-0.05, 0) is 59.7 Å². The molecule has 1 aliphatic rings. The Morgan fingerprint density at radius 2 is 1.85 bits per heavy atom. The number of rotatable bonds is 5. The summed E-state index contributed by atoms with van der Waals surface area (Å²) in [7, 11) is 0. The molecule has 108 valence electrons. The fraction of sp³-hybridized carbons (Fsp3) is 0.467. The fourth-order valence-electron chi connectivity index (χ4n) is 2.55. The molecular weight excluding hydrogens is 367 g/mol. The zero-order valence-corrected chi connectivity index (χ0v) is 13.9. The molecule has 1 aromatic rings. The molecule has 0 aromatic heterocycles. The van der Waals surface area contributed by atoms with E-state index in [-0.39, 0.29) is 24.3 Å². The van der Waals surface area contributed by atoms with E-state index in [1.165, 1.54) is 4.90 Å². The molecule has 2 amide bonds. The molecule has 0 saturated carbocycles. The number of nitrogens with zero attached hydrogens (tertiary/aromatic N) is 1. The first-order valence-corrected chi connectivity index (χ1v) is 8.02. The molecule has 2 rings (SSSR count). The lowest BCUT2D eigenvalue weighted by Crippen LogP contribution is -2.41. The van der Waals surface area contributed by atoms with Gasteiger partial charge in [-0.15, -0.1) is 0 Å². The molecule has 1 heterocycles. The van der Waals surface area contributed by atoms with E-state index < -0.39 is 6.04 Å². The molecule has 1 N–H and O–H groups in total. The van der Waals surface area contributed by atoms with Gasteiger partial charge in [0.1, 0.15) is 6.04 Å². The third-order valence-electron chi connectivity index (χ3n) is 3.68. The van der Waals surface area contributed by atoms with Gasteiger partial charge in [-0.25, -0.2) is 0 Å². The Hall–Kier alpha value is -1.11. The molecule has 1 saturated heterocycles. The number of halogens is 1. The predicted octanol–water partition coefficient (Wildman–Crippen LogP) is 3.02. The Balaban J connectivity index is 2.09. The van der Waals surface area contributed by atoms with Crippen LogP contribution in [0.4, 0.5) is 5.69 Å². The predicted molar refractivity (Wildman–Crippen MR) is 87.4 cm³/mol. The summed E-state index contributed by atoms with van der Waals surface area (Å²) in [6.07, 6.45) is 1.87. The third-order valence-corrected chi connectivity index (χ3v) is 4.39.